The van der Waals surface area contributed by atoms with Crippen molar-refractivity contribution >= 4 is 11.0 Å². The molecular formula is C16H26N4O. The highest BCUT2D eigenvalue weighted by atomic mass is 16.3. The van der Waals surface area contributed by atoms with Gasteiger partial charge in [0.05, 0.1) is 23.7 Å². The number of rotatable bonds is 7. The van der Waals surface area contributed by atoms with Gasteiger partial charge in [-0.05, 0) is 38.1 Å². The van der Waals surface area contributed by atoms with Crippen molar-refractivity contribution in [1.29, 1.82) is 0 Å². The van der Waals surface area contributed by atoms with Gasteiger partial charge in [-0.1, -0.05) is 13.0 Å². The van der Waals surface area contributed by atoms with Gasteiger partial charge in [-0.2, -0.15) is 0 Å². The molecule has 1 aromatic heterocycles. The third-order valence-electron chi connectivity index (χ3n) is 3.96. The highest BCUT2D eigenvalue weighted by Gasteiger charge is 2.22. The monoisotopic (exact) mass is 290 g/mol. The molecule has 0 bridgehead atoms. The lowest BCUT2D eigenvalue weighted by Crippen LogP contribution is -2.30. The van der Waals surface area contributed by atoms with Crippen LogP contribution in [0.25, 0.3) is 11.0 Å². The zero-order chi connectivity index (χ0) is 15.4. The second-order valence-corrected chi connectivity index (χ2v) is 5.53. The maximum atomic E-state index is 9.19. The van der Waals surface area contributed by atoms with Gasteiger partial charge in [0.2, 0.25) is 0 Å². The molecule has 5 heteroatoms. The van der Waals surface area contributed by atoms with Crippen molar-refractivity contribution in [3.05, 3.63) is 29.6 Å². The molecule has 1 heterocycles. The molecular weight excluding hydrogens is 264 g/mol. The minimum absolute atomic E-state index is 0.156. The zero-order valence-electron chi connectivity index (χ0n) is 13.2. The minimum Gasteiger partial charge on any atom is -0.395 e. The first kappa shape index (κ1) is 15.9. The van der Waals surface area contributed by atoms with Crippen LogP contribution in [-0.4, -0.2) is 46.3 Å². The smallest absolute Gasteiger partial charge is 0.127 e. The predicted octanol–water partition coefficient (Wildman–Crippen LogP) is 1.68. The fourth-order valence-electron chi connectivity index (χ4n) is 2.88. The van der Waals surface area contributed by atoms with E-state index < -0.39 is 0 Å². The van der Waals surface area contributed by atoms with Crippen LogP contribution in [0.4, 0.5) is 0 Å². The number of aliphatic hydroxyl groups excluding tert-OH is 1. The Morgan fingerprint density at radius 1 is 1.43 bits per heavy atom. The minimum atomic E-state index is 0.156. The Balaban J connectivity index is 2.52. The molecule has 0 aliphatic carbocycles. The normalized spacial score (nSPS) is 13.2. The molecule has 21 heavy (non-hydrogen) atoms. The molecule has 1 atom stereocenters. The van der Waals surface area contributed by atoms with Gasteiger partial charge in [0.25, 0.3) is 0 Å². The van der Waals surface area contributed by atoms with E-state index >= 15 is 0 Å². The van der Waals surface area contributed by atoms with Gasteiger partial charge in [-0.3, -0.25) is 4.90 Å². The topological polar surface area (TPSA) is 67.3 Å². The Labute approximate surface area is 126 Å². The molecule has 3 N–H and O–H groups in total. The summed E-state index contributed by atoms with van der Waals surface area (Å²) < 4.78 is 2.22. The van der Waals surface area contributed by atoms with Gasteiger partial charge in [0.15, 0.2) is 0 Å². The number of hydrogen-bond donors (Lipinski definition) is 2. The summed E-state index contributed by atoms with van der Waals surface area (Å²) in [6.07, 6.45) is 0.948. The van der Waals surface area contributed by atoms with Crippen molar-refractivity contribution in [2.45, 2.75) is 32.9 Å². The van der Waals surface area contributed by atoms with Gasteiger partial charge >= 0.3 is 0 Å². The van der Waals surface area contributed by atoms with Gasteiger partial charge in [-0.15, -0.1) is 0 Å². The lowest BCUT2D eigenvalue weighted by Gasteiger charge is -2.26. The number of fused-ring (bicyclic) bond motifs is 1. The molecule has 0 radical (unpaired) electrons. The SMILES string of the molecule is CCC(c1nc2cc(C)ccc2n1CCN)N(C)CCO. The molecule has 0 spiro atoms. The number of nitrogens with zero attached hydrogens (tertiary/aromatic N) is 3. The van der Waals surface area contributed by atoms with Crippen LogP contribution in [0.3, 0.4) is 0 Å². The average Bonchev–Trinajstić information content (AvgIpc) is 2.78. The number of likely N-dealkylation sites (N-methyl/N-ethyl adjacent to an activating group) is 1. The molecule has 1 unspecified atom stereocenters. The van der Waals surface area contributed by atoms with Crippen LogP contribution in [0.15, 0.2) is 18.2 Å². The van der Waals surface area contributed by atoms with Crippen molar-refractivity contribution in [3.63, 3.8) is 0 Å². The Morgan fingerprint density at radius 2 is 2.19 bits per heavy atom. The molecule has 2 aromatic rings. The summed E-state index contributed by atoms with van der Waals surface area (Å²) in [5.41, 5.74) is 9.15. The van der Waals surface area contributed by atoms with E-state index in [1.165, 1.54) is 5.56 Å². The van der Waals surface area contributed by atoms with Crippen molar-refractivity contribution in [2.75, 3.05) is 26.7 Å². The largest absolute Gasteiger partial charge is 0.395 e. The molecule has 0 fully saturated rings. The number of imidazole rings is 1. The fourth-order valence-corrected chi connectivity index (χ4v) is 2.88. The van der Waals surface area contributed by atoms with E-state index in [0.717, 1.165) is 29.8 Å². The first-order valence-corrected chi connectivity index (χ1v) is 7.60. The first-order chi connectivity index (χ1) is 10.1. The van der Waals surface area contributed by atoms with Crippen molar-refractivity contribution in [1.82, 2.24) is 14.5 Å². The van der Waals surface area contributed by atoms with Crippen LogP contribution in [0, 0.1) is 6.92 Å². The second kappa shape index (κ2) is 7.02. The van der Waals surface area contributed by atoms with Crippen molar-refractivity contribution in [2.24, 2.45) is 5.73 Å². The fraction of sp³-hybridized carbons (Fsp3) is 0.562. The van der Waals surface area contributed by atoms with E-state index in [9.17, 15) is 5.11 Å². The summed E-state index contributed by atoms with van der Waals surface area (Å²) in [7, 11) is 2.03. The van der Waals surface area contributed by atoms with Gasteiger partial charge in [0.1, 0.15) is 5.82 Å². The Kier molecular flexibility index (Phi) is 5.33. The maximum Gasteiger partial charge on any atom is 0.127 e. The van der Waals surface area contributed by atoms with E-state index in [2.05, 4.69) is 41.5 Å². The van der Waals surface area contributed by atoms with Gasteiger partial charge < -0.3 is 15.4 Å². The highest BCUT2D eigenvalue weighted by Crippen LogP contribution is 2.27. The standard InChI is InChI=1S/C16H26N4O/c1-4-14(19(3)9-10-21)16-18-13-11-12(2)5-6-15(13)20(16)8-7-17/h5-6,11,14,21H,4,7-10,17H2,1-3H3. The van der Waals surface area contributed by atoms with Crippen LogP contribution in [0.5, 0.6) is 0 Å². The van der Waals surface area contributed by atoms with Crippen LogP contribution >= 0.6 is 0 Å². The van der Waals surface area contributed by atoms with E-state index in [0.29, 0.717) is 13.1 Å². The van der Waals surface area contributed by atoms with E-state index in [-0.39, 0.29) is 12.6 Å². The summed E-state index contributed by atoms with van der Waals surface area (Å²) >= 11 is 0. The molecule has 0 amide bonds. The lowest BCUT2D eigenvalue weighted by molar-refractivity contribution is 0.170. The first-order valence-electron chi connectivity index (χ1n) is 7.60. The number of aliphatic hydroxyl groups is 1. The molecule has 0 saturated heterocycles. The predicted molar refractivity (Wildman–Crippen MR) is 86.3 cm³/mol. The quantitative estimate of drug-likeness (QED) is 0.814. The number of hydrogen-bond acceptors (Lipinski definition) is 4. The number of benzene rings is 1. The Hall–Kier alpha value is -1.43. The number of nitrogens with two attached hydrogens (primary N) is 1. The third kappa shape index (κ3) is 3.26. The molecule has 1 aromatic carbocycles. The molecule has 0 saturated carbocycles. The van der Waals surface area contributed by atoms with Gasteiger partial charge in [-0.25, -0.2) is 4.98 Å². The number of aromatic nitrogens is 2. The van der Waals surface area contributed by atoms with Crippen LogP contribution < -0.4 is 5.73 Å². The van der Waals surface area contributed by atoms with Crippen LogP contribution in [0.1, 0.15) is 30.8 Å². The summed E-state index contributed by atoms with van der Waals surface area (Å²) in [6, 6.07) is 6.54. The highest BCUT2D eigenvalue weighted by molar-refractivity contribution is 5.77. The Bertz CT molecular complexity index is 593. The Morgan fingerprint density at radius 3 is 2.81 bits per heavy atom. The van der Waals surface area contributed by atoms with E-state index in [1.807, 2.05) is 7.05 Å². The van der Waals surface area contributed by atoms with E-state index in [1.54, 1.807) is 0 Å². The summed E-state index contributed by atoms with van der Waals surface area (Å²) in [5, 5.41) is 9.19. The summed E-state index contributed by atoms with van der Waals surface area (Å²) in [6.45, 7) is 6.38. The third-order valence-corrected chi connectivity index (χ3v) is 3.96. The second-order valence-electron chi connectivity index (χ2n) is 5.53. The van der Waals surface area contributed by atoms with E-state index in [4.69, 9.17) is 10.7 Å². The van der Waals surface area contributed by atoms with Crippen LogP contribution in [0.2, 0.25) is 0 Å². The molecule has 2 rings (SSSR count). The molecule has 5 nitrogen and oxygen atoms in total. The molecule has 0 aliphatic rings. The average molecular weight is 290 g/mol. The summed E-state index contributed by atoms with van der Waals surface area (Å²) in [4.78, 5) is 7.00. The van der Waals surface area contributed by atoms with Crippen LogP contribution in [-0.2, 0) is 6.54 Å². The van der Waals surface area contributed by atoms with Gasteiger partial charge in [0, 0.05) is 19.6 Å². The number of aryl methyl sites for hydroxylation is 1. The summed E-state index contributed by atoms with van der Waals surface area (Å²) in [5.74, 6) is 1.04. The maximum absolute atomic E-state index is 9.19. The molecule has 0 aliphatic heterocycles. The van der Waals surface area contributed by atoms with Crippen molar-refractivity contribution < 1.29 is 5.11 Å². The zero-order valence-corrected chi connectivity index (χ0v) is 13.2. The molecule has 116 valence electrons. The van der Waals surface area contributed by atoms with Crippen molar-refractivity contribution in [3.8, 4) is 0 Å². The lowest BCUT2D eigenvalue weighted by atomic mass is 10.2.